The van der Waals surface area contributed by atoms with E-state index < -0.39 is 0 Å². The average molecular weight is 195 g/mol. The Balaban J connectivity index is 1.91. The van der Waals surface area contributed by atoms with E-state index in [4.69, 9.17) is 5.73 Å². The Morgan fingerprint density at radius 1 is 1.07 bits per heavy atom. The standard InChI is InChI=1S/C13H25N/c1-2-10-6-3-4-9-12(10)13(14)11-7-5-8-11/h10-13H,2-9,14H2,1H3. The molecule has 0 aliphatic heterocycles. The van der Waals surface area contributed by atoms with Crippen molar-refractivity contribution in [1.82, 2.24) is 0 Å². The van der Waals surface area contributed by atoms with Gasteiger partial charge in [0.1, 0.15) is 0 Å². The van der Waals surface area contributed by atoms with Gasteiger partial charge in [0.05, 0.1) is 0 Å². The first-order chi connectivity index (χ1) is 6.83. The maximum absolute atomic E-state index is 6.42. The van der Waals surface area contributed by atoms with Gasteiger partial charge in [-0.1, -0.05) is 39.0 Å². The van der Waals surface area contributed by atoms with E-state index in [0.29, 0.717) is 6.04 Å². The second-order valence-corrected chi connectivity index (χ2v) is 5.38. The minimum atomic E-state index is 0.536. The SMILES string of the molecule is CCC1CCCCC1C(N)C1CCC1. The minimum Gasteiger partial charge on any atom is -0.327 e. The third-order valence-electron chi connectivity index (χ3n) is 4.68. The fraction of sp³-hybridized carbons (Fsp3) is 1.00. The molecule has 3 unspecified atom stereocenters. The van der Waals surface area contributed by atoms with Crippen LogP contribution in [0.3, 0.4) is 0 Å². The summed E-state index contributed by atoms with van der Waals surface area (Å²) in [5, 5.41) is 0. The van der Waals surface area contributed by atoms with Crippen LogP contribution in [0.4, 0.5) is 0 Å². The Kier molecular flexibility index (Phi) is 3.48. The van der Waals surface area contributed by atoms with Gasteiger partial charge in [-0.2, -0.15) is 0 Å². The van der Waals surface area contributed by atoms with Gasteiger partial charge in [0.2, 0.25) is 0 Å². The Morgan fingerprint density at radius 2 is 1.79 bits per heavy atom. The second kappa shape index (κ2) is 4.65. The zero-order chi connectivity index (χ0) is 9.97. The summed E-state index contributed by atoms with van der Waals surface area (Å²) < 4.78 is 0. The van der Waals surface area contributed by atoms with Gasteiger partial charge in [0.15, 0.2) is 0 Å². The van der Waals surface area contributed by atoms with E-state index in [1.807, 2.05) is 0 Å². The number of nitrogens with two attached hydrogens (primary N) is 1. The summed E-state index contributed by atoms with van der Waals surface area (Å²) >= 11 is 0. The Morgan fingerprint density at radius 3 is 2.36 bits per heavy atom. The molecule has 0 amide bonds. The molecular formula is C13H25N. The lowest BCUT2D eigenvalue weighted by Gasteiger charge is -2.41. The van der Waals surface area contributed by atoms with Crippen molar-refractivity contribution in [2.75, 3.05) is 0 Å². The van der Waals surface area contributed by atoms with Crippen LogP contribution in [0.25, 0.3) is 0 Å². The summed E-state index contributed by atoms with van der Waals surface area (Å²) in [5.74, 6) is 2.69. The normalized spacial score (nSPS) is 36.4. The van der Waals surface area contributed by atoms with E-state index in [2.05, 4.69) is 6.92 Å². The van der Waals surface area contributed by atoms with Crippen molar-refractivity contribution in [2.45, 2.75) is 64.3 Å². The van der Waals surface area contributed by atoms with Crippen LogP contribution in [-0.4, -0.2) is 6.04 Å². The highest BCUT2D eigenvalue weighted by Gasteiger charge is 2.35. The van der Waals surface area contributed by atoms with Crippen molar-refractivity contribution in [3.63, 3.8) is 0 Å². The molecule has 0 saturated heterocycles. The Labute approximate surface area is 88.4 Å². The number of hydrogen-bond acceptors (Lipinski definition) is 1. The van der Waals surface area contributed by atoms with E-state index in [0.717, 1.165) is 17.8 Å². The smallest absolute Gasteiger partial charge is 0.00982 e. The summed E-state index contributed by atoms with van der Waals surface area (Å²) in [7, 11) is 0. The molecule has 0 aromatic rings. The molecule has 2 aliphatic carbocycles. The molecule has 82 valence electrons. The molecule has 1 heteroatoms. The van der Waals surface area contributed by atoms with Gasteiger partial charge in [-0.25, -0.2) is 0 Å². The summed E-state index contributed by atoms with van der Waals surface area (Å²) in [6.07, 6.45) is 11.3. The van der Waals surface area contributed by atoms with Gasteiger partial charge in [-0.15, -0.1) is 0 Å². The molecule has 0 aromatic carbocycles. The largest absolute Gasteiger partial charge is 0.327 e. The first-order valence-corrected chi connectivity index (χ1v) is 6.58. The quantitative estimate of drug-likeness (QED) is 0.734. The maximum atomic E-state index is 6.42. The van der Waals surface area contributed by atoms with Gasteiger partial charge in [-0.3, -0.25) is 0 Å². The summed E-state index contributed by atoms with van der Waals surface area (Å²) in [6, 6.07) is 0.536. The molecule has 0 radical (unpaired) electrons. The monoisotopic (exact) mass is 195 g/mol. The summed E-state index contributed by atoms with van der Waals surface area (Å²) in [5.41, 5.74) is 6.42. The van der Waals surface area contributed by atoms with Crippen LogP contribution in [0.1, 0.15) is 58.3 Å². The molecule has 14 heavy (non-hydrogen) atoms. The first kappa shape index (κ1) is 10.5. The highest BCUT2D eigenvalue weighted by atomic mass is 14.7. The third-order valence-corrected chi connectivity index (χ3v) is 4.68. The fourth-order valence-electron chi connectivity index (χ4n) is 3.42. The van der Waals surface area contributed by atoms with Crippen molar-refractivity contribution in [1.29, 1.82) is 0 Å². The minimum absolute atomic E-state index is 0.536. The molecule has 0 heterocycles. The number of rotatable bonds is 3. The average Bonchev–Trinajstić information content (AvgIpc) is 2.15. The Hall–Kier alpha value is -0.0400. The predicted molar refractivity (Wildman–Crippen MR) is 61.1 cm³/mol. The lowest BCUT2D eigenvalue weighted by Crippen LogP contribution is -2.44. The van der Waals surface area contributed by atoms with Gasteiger partial charge in [0.25, 0.3) is 0 Å². The highest BCUT2D eigenvalue weighted by molar-refractivity contribution is 4.89. The van der Waals surface area contributed by atoms with Crippen LogP contribution in [0, 0.1) is 17.8 Å². The van der Waals surface area contributed by atoms with Crippen molar-refractivity contribution >= 4 is 0 Å². The molecule has 2 saturated carbocycles. The van der Waals surface area contributed by atoms with E-state index in [1.165, 1.54) is 51.4 Å². The molecule has 0 bridgehead atoms. The molecule has 0 spiro atoms. The number of hydrogen-bond donors (Lipinski definition) is 1. The van der Waals surface area contributed by atoms with Crippen molar-refractivity contribution < 1.29 is 0 Å². The highest BCUT2D eigenvalue weighted by Crippen LogP contribution is 2.40. The Bertz CT molecular complexity index is 174. The van der Waals surface area contributed by atoms with Crippen molar-refractivity contribution in [2.24, 2.45) is 23.5 Å². The van der Waals surface area contributed by atoms with Gasteiger partial charge < -0.3 is 5.73 Å². The molecule has 2 N–H and O–H groups in total. The second-order valence-electron chi connectivity index (χ2n) is 5.38. The van der Waals surface area contributed by atoms with Crippen LogP contribution in [-0.2, 0) is 0 Å². The van der Waals surface area contributed by atoms with Gasteiger partial charge in [-0.05, 0) is 37.0 Å². The summed E-state index contributed by atoms with van der Waals surface area (Å²) in [6.45, 7) is 2.34. The first-order valence-electron chi connectivity index (χ1n) is 6.58. The summed E-state index contributed by atoms with van der Waals surface area (Å²) in [4.78, 5) is 0. The molecular weight excluding hydrogens is 170 g/mol. The van der Waals surface area contributed by atoms with Crippen LogP contribution in [0.15, 0.2) is 0 Å². The third kappa shape index (κ3) is 1.98. The van der Waals surface area contributed by atoms with E-state index in [1.54, 1.807) is 0 Å². The van der Waals surface area contributed by atoms with Crippen LogP contribution < -0.4 is 5.73 Å². The van der Waals surface area contributed by atoms with E-state index in [9.17, 15) is 0 Å². The topological polar surface area (TPSA) is 26.0 Å². The lowest BCUT2D eigenvalue weighted by atomic mass is 9.67. The van der Waals surface area contributed by atoms with Crippen LogP contribution in [0.2, 0.25) is 0 Å². The van der Waals surface area contributed by atoms with Gasteiger partial charge >= 0.3 is 0 Å². The van der Waals surface area contributed by atoms with Gasteiger partial charge in [0, 0.05) is 6.04 Å². The lowest BCUT2D eigenvalue weighted by molar-refractivity contribution is 0.125. The molecule has 3 atom stereocenters. The molecule has 2 aliphatic rings. The molecule has 2 rings (SSSR count). The zero-order valence-corrected chi connectivity index (χ0v) is 9.54. The zero-order valence-electron chi connectivity index (χ0n) is 9.54. The predicted octanol–water partition coefficient (Wildman–Crippen LogP) is 3.33. The maximum Gasteiger partial charge on any atom is 0.00982 e. The molecule has 2 fully saturated rings. The molecule has 1 nitrogen and oxygen atoms in total. The fourth-order valence-corrected chi connectivity index (χ4v) is 3.42. The molecule has 0 aromatic heterocycles. The van der Waals surface area contributed by atoms with Crippen molar-refractivity contribution in [3.8, 4) is 0 Å². The van der Waals surface area contributed by atoms with Crippen LogP contribution >= 0.6 is 0 Å². The van der Waals surface area contributed by atoms with Crippen molar-refractivity contribution in [3.05, 3.63) is 0 Å². The van der Waals surface area contributed by atoms with Crippen LogP contribution in [0.5, 0.6) is 0 Å². The van der Waals surface area contributed by atoms with E-state index >= 15 is 0 Å². The van der Waals surface area contributed by atoms with E-state index in [-0.39, 0.29) is 0 Å².